The number of anilines is 1. The number of carbonyl (C=O) groups is 2. The summed E-state index contributed by atoms with van der Waals surface area (Å²) in [5, 5.41) is 22.8. The molecule has 0 atom stereocenters. The van der Waals surface area contributed by atoms with Crippen molar-refractivity contribution >= 4 is 29.2 Å². The Kier molecular flexibility index (Phi) is 3.86. The molecule has 6 nitrogen and oxygen atoms in total. The predicted molar refractivity (Wildman–Crippen MR) is 70.0 cm³/mol. The maximum atomic E-state index is 11.9. The second kappa shape index (κ2) is 5.58. The minimum Gasteiger partial charge on any atom is -0.871 e. The number of carboxylic acids is 1. The zero-order valence-corrected chi connectivity index (χ0v) is 10.7. The number of hydrogen-bond donors (Lipinski definition) is 2. The standard InChI is InChI=1S/C13H9ClN2O4/c14-11-8(2-1-5-15-11)12(18)16-9-6-7(13(19)20)3-4-10(9)17/h1-6,17H,(H,16,18)(H,19,20)/p-1. The molecule has 0 aliphatic rings. The molecule has 20 heavy (non-hydrogen) atoms. The van der Waals surface area contributed by atoms with E-state index in [0.717, 1.165) is 18.2 Å². The summed E-state index contributed by atoms with van der Waals surface area (Å²) in [5.41, 5.74) is -0.138. The van der Waals surface area contributed by atoms with Crippen LogP contribution in [0.5, 0.6) is 5.75 Å². The van der Waals surface area contributed by atoms with Gasteiger partial charge in [-0.05, 0) is 24.3 Å². The first-order valence-electron chi connectivity index (χ1n) is 5.45. The van der Waals surface area contributed by atoms with Crippen LogP contribution in [0.4, 0.5) is 5.69 Å². The Balaban J connectivity index is 2.30. The Morgan fingerprint density at radius 1 is 1.30 bits per heavy atom. The molecule has 1 amide bonds. The summed E-state index contributed by atoms with van der Waals surface area (Å²) in [7, 11) is 0. The molecule has 2 rings (SSSR count). The van der Waals surface area contributed by atoms with Crippen LogP contribution >= 0.6 is 11.6 Å². The summed E-state index contributed by atoms with van der Waals surface area (Å²) in [6, 6.07) is 6.29. The number of amides is 1. The maximum absolute atomic E-state index is 11.9. The van der Waals surface area contributed by atoms with Gasteiger partial charge in [-0.15, -0.1) is 0 Å². The highest BCUT2D eigenvalue weighted by molar-refractivity contribution is 6.33. The molecule has 0 fully saturated rings. The van der Waals surface area contributed by atoms with Gasteiger partial charge in [-0.2, -0.15) is 0 Å². The van der Waals surface area contributed by atoms with E-state index in [9.17, 15) is 14.7 Å². The topological polar surface area (TPSA) is 102 Å². The third-order valence-electron chi connectivity index (χ3n) is 2.48. The zero-order chi connectivity index (χ0) is 14.7. The number of nitrogens with zero attached hydrogens (tertiary/aromatic N) is 1. The summed E-state index contributed by atoms with van der Waals surface area (Å²) in [6.07, 6.45) is 1.42. The molecular formula is C13H8ClN2O4-. The first kappa shape index (κ1) is 13.8. The van der Waals surface area contributed by atoms with Crippen LogP contribution in [0.2, 0.25) is 5.15 Å². The Labute approximate surface area is 118 Å². The number of carbonyl (C=O) groups excluding carboxylic acids is 1. The van der Waals surface area contributed by atoms with Gasteiger partial charge in [-0.3, -0.25) is 4.79 Å². The van der Waals surface area contributed by atoms with E-state index < -0.39 is 17.6 Å². The van der Waals surface area contributed by atoms with Crippen LogP contribution in [-0.4, -0.2) is 22.0 Å². The van der Waals surface area contributed by atoms with Crippen molar-refractivity contribution in [3.63, 3.8) is 0 Å². The minimum absolute atomic E-state index is 0.00756. The molecule has 1 aromatic heterocycles. The van der Waals surface area contributed by atoms with E-state index >= 15 is 0 Å². The number of aromatic carboxylic acids is 1. The molecule has 2 aromatic rings. The van der Waals surface area contributed by atoms with E-state index in [1.54, 1.807) is 0 Å². The van der Waals surface area contributed by atoms with Crippen molar-refractivity contribution in [3.05, 3.63) is 52.8 Å². The summed E-state index contributed by atoms with van der Waals surface area (Å²) in [5.74, 6) is -2.33. The van der Waals surface area contributed by atoms with Crippen LogP contribution in [0.3, 0.4) is 0 Å². The number of halogens is 1. The van der Waals surface area contributed by atoms with Crippen molar-refractivity contribution in [2.24, 2.45) is 0 Å². The Bertz CT molecular complexity index is 688. The normalized spacial score (nSPS) is 10.1. The number of hydrogen-bond acceptors (Lipinski definition) is 4. The molecule has 7 heteroatoms. The third kappa shape index (κ3) is 2.86. The fourth-order valence-corrected chi connectivity index (χ4v) is 1.71. The van der Waals surface area contributed by atoms with Gasteiger partial charge in [0.15, 0.2) is 0 Å². The highest BCUT2D eigenvalue weighted by atomic mass is 35.5. The Morgan fingerprint density at radius 3 is 2.70 bits per heavy atom. The number of pyridine rings is 1. The molecule has 0 saturated carbocycles. The zero-order valence-electron chi connectivity index (χ0n) is 9.96. The molecule has 102 valence electrons. The SMILES string of the molecule is O=C(O)c1ccc([O-])c(NC(=O)c2cccnc2Cl)c1. The summed E-state index contributed by atoms with van der Waals surface area (Å²) in [4.78, 5) is 26.5. The monoisotopic (exact) mass is 291 g/mol. The molecule has 0 spiro atoms. The molecule has 0 aliphatic heterocycles. The minimum atomic E-state index is -1.19. The van der Waals surface area contributed by atoms with E-state index in [-0.39, 0.29) is 22.0 Å². The largest absolute Gasteiger partial charge is 0.871 e. The quantitative estimate of drug-likeness (QED) is 0.839. The highest BCUT2D eigenvalue weighted by Gasteiger charge is 2.12. The lowest BCUT2D eigenvalue weighted by Crippen LogP contribution is -2.15. The average molecular weight is 292 g/mol. The molecule has 1 aromatic carbocycles. The van der Waals surface area contributed by atoms with Crippen LogP contribution in [0, 0.1) is 0 Å². The van der Waals surface area contributed by atoms with Gasteiger partial charge in [-0.1, -0.05) is 23.4 Å². The number of benzene rings is 1. The second-order valence-electron chi connectivity index (χ2n) is 3.81. The van der Waals surface area contributed by atoms with Crippen LogP contribution < -0.4 is 10.4 Å². The van der Waals surface area contributed by atoms with Gasteiger partial charge in [-0.25, -0.2) is 9.78 Å². The fourth-order valence-electron chi connectivity index (χ4n) is 1.51. The van der Waals surface area contributed by atoms with E-state index in [1.165, 1.54) is 18.3 Å². The van der Waals surface area contributed by atoms with Crippen molar-refractivity contribution in [2.45, 2.75) is 0 Å². The van der Waals surface area contributed by atoms with Gasteiger partial charge in [0.25, 0.3) is 5.91 Å². The van der Waals surface area contributed by atoms with Crippen molar-refractivity contribution in [2.75, 3.05) is 5.32 Å². The van der Waals surface area contributed by atoms with Crippen LogP contribution in [0.15, 0.2) is 36.5 Å². The number of nitrogens with one attached hydrogen (secondary N) is 1. The summed E-state index contributed by atoms with van der Waals surface area (Å²) < 4.78 is 0. The first-order chi connectivity index (χ1) is 9.49. The van der Waals surface area contributed by atoms with Gasteiger partial charge in [0.05, 0.1) is 11.1 Å². The van der Waals surface area contributed by atoms with Gasteiger partial charge in [0.2, 0.25) is 0 Å². The van der Waals surface area contributed by atoms with E-state index in [4.69, 9.17) is 16.7 Å². The van der Waals surface area contributed by atoms with Crippen molar-refractivity contribution in [3.8, 4) is 5.75 Å². The lowest BCUT2D eigenvalue weighted by Gasteiger charge is -2.15. The third-order valence-corrected chi connectivity index (χ3v) is 2.78. The van der Waals surface area contributed by atoms with E-state index in [1.807, 2.05) is 0 Å². The highest BCUT2D eigenvalue weighted by Crippen LogP contribution is 2.23. The molecule has 0 bridgehead atoms. The fraction of sp³-hybridized carbons (Fsp3) is 0. The van der Waals surface area contributed by atoms with Crippen LogP contribution in [0.25, 0.3) is 0 Å². The summed E-state index contributed by atoms with van der Waals surface area (Å²) in [6.45, 7) is 0. The van der Waals surface area contributed by atoms with Crippen LogP contribution in [0.1, 0.15) is 20.7 Å². The average Bonchev–Trinajstić information content (AvgIpc) is 2.41. The molecule has 0 aliphatic carbocycles. The molecular weight excluding hydrogens is 284 g/mol. The van der Waals surface area contributed by atoms with Gasteiger partial charge >= 0.3 is 5.97 Å². The predicted octanol–water partition coefficient (Wildman–Crippen LogP) is 1.76. The van der Waals surface area contributed by atoms with Crippen molar-refractivity contribution in [1.82, 2.24) is 4.98 Å². The molecule has 1 heterocycles. The number of carboxylic acid groups (broad SMARTS) is 1. The smallest absolute Gasteiger partial charge is 0.335 e. The van der Waals surface area contributed by atoms with E-state index in [2.05, 4.69) is 10.3 Å². The van der Waals surface area contributed by atoms with Gasteiger partial charge in [0, 0.05) is 11.9 Å². The molecule has 0 unspecified atom stereocenters. The van der Waals surface area contributed by atoms with Gasteiger partial charge < -0.3 is 15.5 Å². The van der Waals surface area contributed by atoms with Crippen molar-refractivity contribution < 1.29 is 19.8 Å². The number of aromatic nitrogens is 1. The lowest BCUT2D eigenvalue weighted by atomic mass is 10.1. The van der Waals surface area contributed by atoms with Crippen molar-refractivity contribution in [1.29, 1.82) is 0 Å². The van der Waals surface area contributed by atoms with Crippen LogP contribution in [-0.2, 0) is 0 Å². The summed E-state index contributed by atoms with van der Waals surface area (Å²) >= 11 is 5.76. The molecule has 2 N–H and O–H groups in total. The molecule has 0 saturated heterocycles. The second-order valence-corrected chi connectivity index (χ2v) is 4.17. The molecule has 0 radical (unpaired) electrons. The maximum Gasteiger partial charge on any atom is 0.335 e. The Morgan fingerprint density at radius 2 is 2.05 bits per heavy atom. The Hall–Kier alpha value is -2.60. The lowest BCUT2D eigenvalue weighted by molar-refractivity contribution is -0.267. The number of rotatable bonds is 3. The van der Waals surface area contributed by atoms with Gasteiger partial charge in [0.1, 0.15) is 5.15 Å². The van der Waals surface area contributed by atoms with E-state index in [0.29, 0.717) is 0 Å². The first-order valence-corrected chi connectivity index (χ1v) is 5.83.